The standard InChI is InChI=1S/C9H9N5O3S/c1-5-2-3-7(9(11-5)14(15)16)17-4-6-8(10)18-13-12-6/h2-3H,4,10H2,1H3. The molecule has 8 nitrogen and oxygen atoms in total. The van der Waals surface area contributed by atoms with E-state index in [2.05, 4.69) is 14.6 Å². The monoisotopic (exact) mass is 267 g/mol. The van der Waals surface area contributed by atoms with Crippen LogP contribution in [0.15, 0.2) is 12.1 Å². The molecule has 2 aromatic rings. The Morgan fingerprint density at radius 3 is 2.94 bits per heavy atom. The maximum Gasteiger partial charge on any atom is 0.406 e. The number of nitrogen functional groups attached to an aromatic ring is 1. The number of hydrogen-bond acceptors (Lipinski definition) is 8. The summed E-state index contributed by atoms with van der Waals surface area (Å²) in [5.74, 6) is -0.241. The minimum atomic E-state index is -0.592. The number of nitro groups is 1. The molecule has 0 radical (unpaired) electrons. The van der Waals surface area contributed by atoms with E-state index in [4.69, 9.17) is 10.5 Å². The molecule has 0 amide bonds. The van der Waals surface area contributed by atoms with E-state index in [0.717, 1.165) is 11.5 Å². The van der Waals surface area contributed by atoms with Crippen LogP contribution in [0, 0.1) is 17.0 Å². The van der Waals surface area contributed by atoms with E-state index in [-0.39, 0.29) is 18.2 Å². The molecular formula is C9H9N5O3S. The highest BCUT2D eigenvalue weighted by molar-refractivity contribution is 7.09. The van der Waals surface area contributed by atoms with Crippen molar-refractivity contribution in [2.45, 2.75) is 13.5 Å². The van der Waals surface area contributed by atoms with Gasteiger partial charge in [-0.3, -0.25) is 0 Å². The van der Waals surface area contributed by atoms with E-state index in [1.807, 2.05) is 0 Å². The van der Waals surface area contributed by atoms with Crippen molar-refractivity contribution < 1.29 is 9.66 Å². The SMILES string of the molecule is Cc1ccc(OCc2nnsc2N)c([N+](=O)[O-])n1. The molecule has 0 atom stereocenters. The third kappa shape index (κ3) is 2.51. The second-order valence-electron chi connectivity index (χ2n) is 3.40. The second-order valence-corrected chi connectivity index (χ2v) is 4.19. The predicted molar refractivity (Wildman–Crippen MR) is 64.3 cm³/mol. The van der Waals surface area contributed by atoms with Crippen LogP contribution in [0.1, 0.15) is 11.4 Å². The zero-order valence-electron chi connectivity index (χ0n) is 9.36. The number of ether oxygens (including phenoxy) is 1. The molecule has 18 heavy (non-hydrogen) atoms. The largest absolute Gasteiger partial charge is 0.479 e. The van der Waals surface area contributed by atoms with Gasteiger partial charge in [-0.05, 0) is 22.0 Å². The van der Waals surface area contributed by atoms with Crippen LogP contribution >= 0.6 is 11.5 Å². The molecule has 0 aliphatic heterocycles. The topological polar surface area (TPSA) is 117 Å². The van der Waals surface area contributed by atoms with Gasteiger partial charge in [-0.1, -0.05) is 4.49 Å². The Labute approximate surface area is 106 Å². The summed E-state index contributed by atoms with van der Waals surface area (Å²) >= 11 is 1.04. The van der Waals surface area contributed by atoms with Crippen molar-refractivity contribution in [3.05, 3.63) is 33.6 Å². The Morgan fingerprint density at radius 1 is 1.56 bits per heavy atom. The fourth-order valence-corrected chi connectivity index (χ4v) is 1.67. The molecule has 0 aliphatic carbocycles. The summed E-state index contributed by atoms with van der Waals surface area (Å²) in [5.41, 5.74) is 6.59. The lowest BCUT2D eigenvalue weighted by Gasteiger charge is -2.04. The molecule has 9 heteroatoms. The van der Waals surface area contributed by atoms with Crippen molar-refractivity contribution in [2.24, 2.45) is 0 Å². The van der Waals surface area contributed by atoms with Crippen LogP contribution in [0.5, 0.6) is 5.75 Å². The van der Waals surface area contributed by atoms with Crippen molar-refractivity contribution in [3.8, 4) is 5.75 Å². The number of aryl methyl sites for hydroxylation is 1. The molecule has 0 aliphatic rings. The number of pyridine rings is 1. The molecule has 0 spiro atoms. The first kappa shape index (κ1) is 12.2. The molecule has 0 saturated carbocycles. The van der Waals surface area contributed by atoms with Gasteiger partial charge in [0.2, 0.25) is 5.75 Å². The zero-order valence-corrected chi connectivity index (χ0v) is 10.2. The molecule has 2 heterocycles. The summed E-state index contributed by atoms with van der Waals surface area (Å²) in [7, 11) is 0. The summed E-state index contributed by atoms with van der Waals surface area (Å²) in [6.07, 6.45) is 0. The normalized spacial score (nSPS) is 10.3. The van der Waals surface area contributed by atoms with Crippen LogP contribution in [0.4, 0.5) is 10.8 Å². The van der Waals surface area contributed by atoms with Crippen LogP contribution in [-0.2, 0) is 6.61 Å². The molecule has 94 valence electrons. The van der Waals surface area contributed by atoms with Crippen molar-refractivity contribution in [3.63, 3.8) is 0 Å². The molecule has 2 aromatic heterocycles. The second kappa shape index (κ2) is 4.92. The first-order chi connectivity index (χ1) is 8.58. The Balaban J connectivity index is 2.19. The first-order valence-electron chi connectivity index (χ1n) is 4.89. The smallest absolute Gasteiger partial charge is 0.406 e. The third-order valence-corrected chi connectivity index (χ3v) is 2.70. The summed E-state index contributed by atoms with van der Waals surface area (Å²) in [4.78, 5) is 14.0. The van der Waals surface area contributed by atoms with Crippen molar-refractivity contribution in [1.29, 1.82) is 0 Å². The van der Waals surface area contributed by atoms with Crippen LogP contribution < -0.4 is 10.5 Å². The van der Waals surface area contributed by atoms with Gasteiger partial charge in [-0.15, -0.1) is 5.10 Å². The van der Waals surface area contributed by atoms with Crippen molar-refractivity contribution in [2.75, 3.05) is 5.73 Å². The lowest BCUT2D eigenvalue weighted by molar-refractivity contribution is -0.390. The fourth-order valence-electron chi connectivity index (χ4n) is 1.24. The Bertz CT molecular complexity index is 585. The van der Waals surface area contributed by atoms with E-state index in [1.165, 1.54) is 6.07 Å². The van der Waals surface area contributed by atoms with Crippen LogP contribution in [0.3, 0.4) is 0 Å². The van der Waals surface area contributed by atoms with Crippen LogP contribution in [0.25, 0.3) is 0 Å². The lowest BCUT2D eigenvalue weighted by Crippen LogP contribution is -2.03. The first-order valence-corrected chi connectivity index (χ1v) is 5.67. The van der Waals surface area contributed by atoms with Crippen molar-refractivity contribution >= 4 is 22.4 Å². The summed E-state index contributed by atoms with van der Waals surface area (Å²) < 4.78 is 8.94. The third-order valence-electron chi connectivity index (χ3n) is 2.10. The molecule has 0 unspecified atom stereocenters. The number of rotatable bonds is 4. The number of anilines is 1. The molecule has 2 N–H and O–H groups in total. The van der Waals surface area contributed by atoms with Gasteiger partial charge >= 0.3 is 5.82 Å². The van der Waals surface area contributed by atoms with Gasteiger partial charge in [0, 0.05) is 18.5 Å². The highest BCUT2D eigenvalue weighted by Gasteiger charge is 2.18. The van der Waals surface area contributed by atoms with E-state index >= 15 is 0 Å². The van der Waals surface area contributed by atoms with E-state index in [0.29, 0.717) is 16.4 Å². The van der Waals surface area contributed by atoms with Crippen molar-refractivity contribution in [1.82, 2.24) is 14.6 Å². The number of aromatic nitrogens is 3. The molecule has 2 rings (SSSR count). The minimum Gasteiger partial charge on any atom is -0.479 e. The van der Waals surface area contributed by atoms with Gasteiger partial charge < -0.3 is 20.6 Å². The van der Waals surface area contributed by atoms with Gasteiger partial charge in [0.05, 0.1) is 0 Å². The lowest BCUT2D eigenvalue weighted by atomic mass is 10.3. The Morgan fingerprint density at radius 2 is 2.33 bits per heavy atom. The maximum atomic E-state index is 10.8. The Hall–Kier alpha value is -2.29. The summed E-state index contributed by atoms with van der Waals surface area (Å²) in [5, 5.41) is 15.0. The highest BCUT2D eigenvalue weighted by Crippen LogP contribution is 2.26. The van der Waals surface area contributed by atoms with E-state index in [9.17, 15) is 10.1 Å². The predicted octanol–water partition coefficient (Wildman–Crippen LogP) is 1.31. The fraction of sp³-hybridized carbons (Fsp3) is 0.222. The average molecular weight is 267 g/mol. The zero-order chi connectivity index (χ0) is 13.1. The van der Waals surface area contributed by atoms with Gasteiger partial charge in [0.1, 0.15) is 23.0 Å². The number of hydrogen-bond donors (Lipinski definition) is 1. The molecular weight excluding hydrogens is 258 g/mol. The molecule has 0 aromatic carbocycles. The summed E-state index contributed by atoms with van der Waals surface area (Å²) in [6, 6.07) is 3.13. The maximum absolute atomic E-state index is 10.8. The Kier molecular flexibility index (Phi) is 3.33. The molecule has 0 bridgehead atoms. The van der Waals surface area contributed by atoms with Gasteiger partial charge in [-0.2, -0.15) is 0 Å². The van der Waals surface area contributed by atoms with Gasteiger partial charge in [0.15, 0.2) is 0 Å². The number of nitrogens with two attached hydrogens (primary N) is 1. The van der Waals surface area contributed by atoms with E-state index < -0.39 is 4.92 Å². The van der Waals surface area contributed by atoms with Crippen LogP contribution in [0.2, 0.25) is 0 Å². The minimum absolute atomic E-state index is 0.0217. The average Bonchev–Trinajstić information content (AvgIpc) is 2.73. The number of nitrogens with zero attached hydrogens (tertiary/aromatic N) is 4. The van der Waals surface area contributed by atoms with Crippen LogP contribution in [-0.4, -0.2) is 19.5 Å². The molecule has 0 saturated heterocycles. The van der Waals surface area contributed by atoms with Gasteiger partial charge in [0.25, 0.3) is 0 Å². The van der Waals surface area contributed by atoms with E-state index in [1.54, 1.807) is 13.0 Å². The van der Waals surface area contributed by atoms with Gasteiger partial charge in [-0.25, -0.2) is 0 Å². The summed E-state index contributed by atoms with van der Waals surface area (Å²) in [6.45, 7) is 1.69. The quantitative estimate of drug-likeness (QED) is 0.655. The highest BCUT2D eigenvalue weighted by atomic mass is 32.1. The molecule has 0 fully saturated rings.